The molecule has 0 fully saturated rings. The van der Waals surface area contributed by atoms with Gasteiger partial charge in [-0.2, -0.15) is 0 Å². The first-order valence-electron chi connectivity index (χ1n) is 5.46. The number of hydrogen-bond donors (Lipinski definition) is 0. The Labute approximate surface area is 98.2 Å². The normalized spacial score (nSPS) is 12.9. The maximum Gasteiger partial charge on any atom is 0.226 e. The van der Waals surface area contributed by atoms with Crippen LogP contribution in [0, 0.1) is 5.82 Å². The van der Waals surface area contributed by atoms with Gasteiger partial charge in [-0.15, -0.1) is 0 Å². The Morgan fingerprint density at radius 1 is 1.47 bits per heavy atom. The second-order valence-corrected chi connectivity index (χ2v) is 3.75. The van der Waals surface area contributed by atoms with Crippen LogP contribution in [-0.4, -0.2) is 18.5 Å². The van der Waals surface area contributed by atoms with Crippen molar-refractivity contribution in [1.82, 2.24) is 0 Å². The van der Waals surface area contributed by atoms with Crippen molar-refractivity contribution >= 4 is 16.8 Å². The summed E-state index contributed by atoms with van der Waals surface area (Å²) in [6.07, 6.45) is -0.551. The van der Waals surface area contributed by atoms with Crippen LogP contribution >= 0.6 is 0 Å². The first-order chi connectivity index (χ1) is 8.11. The minimum absolute atomic E-state index is 0.201. The van der Waals surface area contributed by atoms with Gasteiger partial charge in [0.2, 0.25) is 5.78 Å². The number of hydrogen-bond acceptors (Lipinski definition) is 3. The zero-order valence-electron chi connectivity index (χ0n) is 9.70. The third kappa shape index (κ3) is 2.36. The van der Waals surface area contributed by atoms with Gasteiger partial charge < -0.3 is 9.15 Å². The molecule has 0 N–H and O–H groups in total. The highest BCUT2D eigenvalue weighted by Gasteiger charge is 2.19. The van der Waals surface area contributed by atoms with Crippen molar-refractivity contribution < 1.29 is 18.3 Å². The number of ketones is 1. The molecule has 17 heavy (non-hydrogen) atoms. The molecule has 0 saturated heterocycles. The summed E-state index contributed by atoms with van der Waals surface area (Å²) in [6.45, 7) is 3.94. The van der Waals surface area contributed by atoms with Gasteiger partial charge in [0.15, 0.2) is 5.76 Å². The summed E-state index contributed by atoms with van der Waals surface area (Å²) in [4.78, 5) is 11.9. The van der Waals surface area contributed by atoms with Crippen LogP contribution in [0.3, 0.4) is 0 Å². The maximum atomic E-state index is 13.0. The topological polar surface area (TPSA) is 39.4 Å². The summed E-state index contributed by atoms with van der Waals surface area (Å²) in [5, 5.41) is 0.581. The van der Waals surface area contributed by atoms with Crippen LogP contribution in [0.15, 0.2) is 28.7 Å². The smallest absolute Gasteiger partial charge is 0.226 e. The van der Waals surface area contributed by atoms with Crippen LogP contribution in [0.25, 0.3) is 11.0 Å². The van der Waals surface area contributed by atoms with Gasteiger partial charge in [0, 0.05) is 12.0 Å². The Morgan fingerprint density at radius 3 is 2.94 bits per heavy atom. The third-order valence-corrected chi connectivity index (χ3v) is 2.51. The van der Waals surface area contributed by atoms with E-state index < -0.39 is 6.10 Å². The van der Waals surface area contributed by atoms with E-state index in [0.29, 0.717) is 17.6 Å². The first kappa shape index (κ1) is 11.8. The average Bonchev–Trinajstić information content (AvgIpc) is 2.71. The molecule has 90 valence electrons. The summed E-state index contributed by atoms with van der Waals surface area (Å²) in [5.41, 5.74) is 0.499. The summed E-state index contributed by atoms with van der Waals surface area (Å²) >= 11 is 0. The van der Waals surface area contributed by atoms with Crippen LogP contribution in [0.5, 0.6) is 0 Å². The lowest BCUT2D eigenvalue weighted by atomic mass is 10.2. The van der Waals surface area contributed by atoms with Crippen LogP contribution in [0.2, 0.25) is 0 Å². The number of ether oxygens (including phenoxy) is 1. The van der Waals surface area contributed by atoms with Crippen LogP contribution in [0.4, 0.5) is 4.39 Å². The number of carbonyl (C=O) groups excluding carboxylic acids is 1. The second-order valence-electron chi connectivity index (χ2n) is 3.75. The number of furan rings is 1. The third-order valence-electron chi connectivity index (χ3n) is 2.51. The number of fused-ring (bicyclic) bond motifs is 1. The summed E-state index contributed by atoms with van der Waals surface area (Å²) in [6, 6.07) is 5.68. The fraction of sp³-hybridized carbons (Fsp3) is 0.308. The van der Waals surface area contributed by atoms with Crippen molar-refractivity contribution in [3.8, 4) is 0 Å². The van der Waals surface area contributed by atoms with Gasteiger partial charge in [0.1, 0.15) is 17.5 Å². The van der Waals surface area contributed by atoms with E-state index in [9.17, 15) is 9.18 Å². The van der Waals surface area contributed by atoms with Gasteiger partial charge in [-0.05, 0) is 38.1 Å². The lowest BCUT2D eigenvalue weighted by Crippen LogP contribution is -2.20. The van der Waals surface area contributed by atoms with Crippen molar-refractivity contribution in [3.63, 3.8) is 0 Å². The number of halogens is 1. The van der Waals surface area contributed by atoms with E-state index in [2.05, 4.69) is 0 Å². The Balaban J connectivity index is 2.33. The van der Waals surface area contributed by atoms with Crippen LogP contribution < -0.4 is 0 Å². The van der Waals surface area contributed by atoms with Crippen molar-refractivity contribution in [2.45, 2.75) is 20.0 Å². The van der Waals surface area contributed by atoms with Crippen LogP contribution in [0.1, 0.15) is 24.4 Å². The zero-order chi connectivity index (χ0) is 12.4. The van der Waals surface area contributed by atoms with Gasteiger partial charge in [0.05, 0.1) is 0 Å². The molecule has 0 saturated carbocycles. The fourth-order valence-electron chi connectivity index (χ4n) is 1.66. The molecule has 3 nitrogen and oxygen atoms in total. The predicted octanol–water partition coefficient (Wildman–Crippen LogP) is 3.18. The Kier molecular flexibility index (Phi) is 3.24. The second kappa shape index (κ2) is 4.67. The van der Waals surface area contributed by atoms with Crippen molar-refractivity contribution in [1.29, 1.82) is 0 Å². The van der Waals surface area contributed by atoms with E-state index in [1.807, 2.05) is 6.92 Å². The molecule has 1 aromatic carbocycles. The maximum absolute atomic E-state index is 13.0. The van der Waals surface area contributed by atoms with Crippen LogP contribution in [-0.2, 0) is 4.74 Å². The van der Waals surface area contributed by atoms with E-state index in [0.717, 1.165) is 0 Å². The lowest BCUT2D eigenvalue weighted by molar-refractivity contribution is 0.0497. The molecule has 0 aliphatic carbocycles. The van der Waals surface area contributed by atoms with E-state index >= 15 is 0 Å². The quantitative estimate of drug-likeness (QED) is 0.765. The number of Topliss-reactive ketones (excluding diaryl/α,β-unsaturated/α-hetero) is 1. The molecule has 2 aromatic rings. The highest BCUT2D eigenvalue weighted by atomic mass is 19.1. The summed E-state index contributed by atoms with van der Waals surface area (Å²) < 4.78 is 23.5. The summed E-state index contributed by atoms with van der Waals surface area (Å²) in [5.74, 6) is -0.384. The fourth-order valence-corrected chi connectivity index (χ4v) is 1.66. The first-order valence-corrected chi connectivity index (χ1v) is 5.46. The Hall–Kier alpha value is -1.68. The molecule has 0 spiro atoms. The minimum Gasteiger partial charge on any atom is -0.453 e. The largest absolute Gasteiger partial charge is 0.453 e. The van der Waals surface area contributed by atoms with Gasteiger partial charge in [-0.3, -0.25) is 4.79 Å². The molecule has 0 radical (unpaired) electrons. The summed E-state index contributed by atoms with van der Waals surface area (Å²) in [7, 11) is 0. The van der Waals surface area contributed by atoms with Gasteiger partial charge in [-0.25, -0.2) is 4.39 Å². The highest BCUT2D eigenvalue weighted by Crippen LogP contribution is 2.21. The van der Waals surface area contributed by atoms with Gasteiger partial charge in [-0.1, -0.05) is 0 Å². The molecule has 0 bridgehead atoms. The molecular weight excluding hydrogens is 223 g/mol. The predicted molar refractivity (Wildman–Crippen MR) is 61.6 cm³/mol. The molecule has 4 heteroatoms. The average molecular weight is 236 g/mol. The van der Waals surface area contributed by atoms with E-state index in [-0.39, 0.29) is 17.4 Å². The van der Waals surface area contributed by atoms with Crippen molar-refractivity contribution in [3.05, 3.63) is 35.8 Å². The minimum atomic E-state index is -0.551. The molecule has 1 heterocycles. The van der Waals surface area contributed by atoms with Crippen molar-refractivity contribution in [2.24, 2.45) is 0 Å². The van der Waals surface area contributed by atoms with E-state index in [1.165, 1.54) is 24.3 Å². The zero-order valence-corrected chi connectivity index (χ0v) is 9.70. The molecule has 0 aliphatic rings. The molecule has 1 aromatic heterocycles. The molecule has 1 atom stereocenters. The van der Waals surface area contributed by atoms with Crippen molar-refractivity contribution in [2.75, 3.05) is 6.61 Å². The molecule has 1 unspecified atom stereocenters. The molecule has 0 aliphatic heterocycles. The lowest BCUT2D eigenvalue weighted by Gasteiger charge is -2.07. The standard InChI is InChI=1S/C13H13FO3/c1-3-16-8(2)13(15)12-7-9-6-10(14)4-5-11(9)17-12/h4-8H,3H2,1-2H3. The number of benzene rings is 1. The molecular formula is C13H13FO3. The number of rotatable bonds is 4. The van der Waals surface area contributed by atoms with Gasteiger partial charge in [0.25, 0.3) is 0 Å². The van der Waals surface area contributed by atoms with E-state index in [4.69, 9.17) is 9.15 Å². The number of carbonyl (C=O) groups is 1. The Morgan fingerprint density at radius 2 is 2.24 bits per heavy atom. The highest BCUT2D eigenvalue weighted by molar-refractivity contribution is 6.00. The SMILES string of the molecule is CCOC(C)C(=O)c1cc2cc(F)ccc2o1. The van der Waals surface area contributed by atoms with Gasteiger partial charge >= 0.3 is 0 Å². The Bertz CT molecular complexity index is 545. The molecule has 0 amide bonds. The monoisotopic (exact) mass is 236 g/mol. The molecule has 2 rings (SSSR count). The van der Waals surface area contributed by atoms with E-state index in [1.54, 1.807) is 6.92 Å².